The maximum absolute atomic E-state index is 12.6. The molecule has 0 radical (unpaired) electrons. The van der Waals surface area contributed by atoms with Gasteiger partial charge < -0.3 is 19.1 Å². The van der Waals surface area contributed by atoms with Crippen molar-refractivity contribution < 1.29 is 27.4 Å². The summed E-state index contributed by atoms with van der Waals surface area (Å²) in [4.78, 5) is 14.2. The number of methoxy groups -OCH3 is 1. The lowest BCUT2D eigenvalue weighted by molar-refractivity contribution is -0.142. The van der Waals surface area contributed by atoms with Gasteiger partial charge in [-0.25, -0.2) is 13.1 Å². The van der Waals surface area contributed by atoms with Crippen LogP contribution in [0.2, 0.25) is 0 Å². The second kappa shape index (κ2) is 9.92. The number of hydrogen-bond donors (Lipinski definition) is 1. The second-order valence-electron chi connectivity index (χ2n) is 6.81. The zero-order chi connectivity index (χ0) is 21.6. The number of hydrogen-bond acceptors (Lipinski definition) is 6. The van der Waals surface area contributed by atoms with E-state index in [2.05, 4.69) is 4.72 Å². The van der Waals surface area contributed by atoms with Crippen molar-refractivity contribution in [2.24, 2.45) is 0 Å². The summed E-state index contributed by atoms with van der Waals surface area (Å²) < 4.78 is 43.9. The number of morpholine rings is 1. The summed E-state index contributed by atoms with van der Waals surface area (Å²) in [6.07, 6.45) is -0.672. The van der Waals surface area contributed by atoms with Gasteiger partial charge in [-0.1, -0.05) is 18.2 Å². The monoisotopic (exact) mass is 434 g/mol. The first-order chi connectivity index (χ1) is 14.4. The van der Waals surface area contributed by atoms with E-state index in [-0.39, 0.29) is 17.3 Å². The van der Waals surface area contributed by atoms with Crippen LogP contribution in [0, 0.1) is 0 Å². The number of amides is 1. The van der Waals surface area contributed by atoms with Gasteiger partial charge in [-0.2, -0.15) is 0 Å². The molecule has 0 saturated carbocycles. The molecule has 1 aliphatic rings. The van der Waals surface area contributed by atoms with Gasteiger partial charge in [0.25, 0.3) is 5.91 Å². The highest BCUT2D eigenvalue weighted by Crippen LogP contribution is 2.20. The minimum Gasteiger partial charge on any atom is -0.496 e. The molecule has 0 aliphatic carbocycles. The molecule has 0 aromatic heterocycles. The van der Waals surface area contributed by atoms with Crippen molar-refractivity contribution >= 4 is 15.9 Å². The molecule has 1 amide bonds. The minimum absolute atomic E-state index is 0.107. The van der Waals surface area contributed by atoms with E-state index in [1.807, 2.05) is 12.1 Å². The van der Waals surface area contributed by atoms with Crippen LogP contribution in [-0.2, 0) is 26.1 Å². The van der Waals surface area contributed by atoms with Crippen molar-refractivity contribution in [3.63, 3.8) is 0 Å². The standard InChI is InChI=1S/C21H26N2O6S/c1-16(21(24)23-11-13-28-14-12-23)29-18-7-9-19(10-8-18)30(25,26)22-15-17-5-3-4-6-20(17)27-2/h3-10,16,22H,11-15H2,1-2H3/t16-/m1/s1. The van der Waals surface area contributed by atoms with Crippen LogP contribution in [0.15, 0.2) is 53.4 Å². The molecule has 2 aromatic rings. The lowest BCUT2D eigenvalue weighted by atomic mass is 10.2. The summed E-state index contributed by atoms with van der Waals surface area (Å²) in [6.45, 7) is 3.91. The Bertz CT molecular complexity index is 956. The number of rotatable bonds is 8. The Labute approximate surface area is 176 Å². The van der Waals surface area contributed by atoms with E-state index in [0.717, 1.165) is 5.56 Å². The predicted octanol–water partition coefficient (Wildman–Crippen LogP) is 1.80. The first-order valence-electron chi connectivity index (χ1n) is 9.65. The lowest BCUT2D eigenvalue weighted by Crippen LogP contribution is -2.46. The summed E-state index contributed by atoms with van der Waals surface area (Å²) in [5.41, 5.74) is 0.735. The Kier molecular flexibility index (Phi) is 7.30. The lowest BCUT2D eigenvalue weighted by Gasteiger charge is -2.29. The molecule has 1 aliphatic heterocycles. The van der Waals surface area contributed by atoms with E-state index in [1.165, 1.54) is 19.2 Å². The minimum atomic E-state index is -3.71. The highest BCUT2D eigenvalue weighted by atomic mass is 32.2. The topological polar surface area (TPSA) is 94.2 Å². The molecule has 0 unspecified atom stereocenters. The van der Waals surface area contributed by atoms with Gasteiger partial charge in [0.2, 0.25) is 10.0 Å². The molecule has 1 saturated heterocycles. The molecular weight excluding hydrogens is 408 g/mol. The molecule has 0 spiro atoms. The van der Waals surface area contributed by atoms with Gasteiger partial charge in [-0.3, -0.25) is 4.79 Å². The van der Waals surface area contributed by atoms with E-state index < -0.39 is 16.1 Å². The summed E-state index contributed by atoms with van der Waals surface area (Å²) >= 11 is 0. The van der Waals surface area contributed by atoms with Crippen LogP contribution in [0.1, 0.15) is 12.5 Å². The highest BCUT2D eigenvalue weighted by Gasteiger charge is 2.24. The second-order valence-corrected chi connectivity index (χ2v) is 8.57. The number of sulfonamides is 1. The molecular formula is C21H26N2O6S. The van der Waals surface area contributed by atoms with Crippen molar-refractivity contribution in [2.75, 3.05) is 33.4 Å². The molecule has 0 bridgehead atoms. The van der Waals surface area contributed by atoms with Gasteiger partial charge >= 0.3 is 0 Å². The maximum atomic E-state index is 12.6. The van der Waals surface area contributed by atoms with Crippen molar-refractivity contribution in [1.29, 1.82) is 0 Å². The van der Waals surface area contributed by atoms with Crippen LogP contribution < -0.4 is 14.2 Å². The first-order valence-corrected chi connectivity index (χ1v) is 11.1. The number of para-hydroxylation sites is 1. The van der Waals surface area contributed by atoms with E-state index >= 15 is 0 Å². The molecule has 8 nitrogen and oxygen atoms in total. The molecule has 1 N–H and O–H groups in total. The fourth-order valence-electron chi connectivity index (χ4n) is 3.10. The number of benzene rings is 2. The van der Waals surface area contributed by atoms with E-state index in [0.29, 0.717) is 37.8 Å². The van der Waals surface area contributed by atoms with Crippen molar-refractivity contribution in [3.8, 4) is 11.5 Å². The Hall–Kier alpha value is -2.62. The van der Waals surface area contributed by atoms with Crippen molar-refractivity contribution in [2.45, 2.75) is 24.5 Å². The van der Waals surface area contributed by atoms with Crippen molar-refractivity contribution in [1.82, 2.24) is 9.62 Å². The number of carbonyl (C=O) groups is 1. The van der Waals surface area contributed by atoms with Crippen LogP contribution in [-0.4, -0.2) is 58.7 Å². The number of ether oxygens (including phenoxy) is 3. The average Bonchev–Trinajstić information content (AvgIpc) is 2.78. The number of carbonyl (C=O) groups excluding carboxylic acids is 1. The normalized spacial score (nSPS) is 15.5. The van der Waals surface area contributed by atoms with Crippen LogP contribution in [0.3, 0.4) is 0 Å². The van der Waals surface area contributed by atoms with Gasteiger partial charge in [0.1, 0.15) is 11.5 Å². The van der Waals surface area contributed by atoms with Gasteiger partial charge in [-0.05, 0) is 37.3 Å². The van der Waals surface area contributed by atoms with E-state index in [1.54, 1.807) is 36.1 Å². The van der Waals surface area contributed by atoms with Gasteiger partial charge in [0.15, 0.2) is 6.10 Å². The van der Waals surface area contributed by atoms with Gasteiger partial charge in [0, 0.05) is 25.2 Å². The quantitative estimate of drug-likeness (QED) is 0.681. The first kappa shape index (κ1) is 22.1. The zero-order valence-corrected chi connectivity index (χ0v) is 17.9. The molecule has 3 rings (SSSR count). The molecule has 162 valence electrons. The fraction of sp³-hybridized carbons (Fsp3) is 0.381. The fourth-order valence-corrected chi connectivity index (χ4v) is 4.10. The third-order valence-electron chi connectivity index (χ3n) is 4.76. The van der Waals surface area contributed by atoms with Gasteiger partial charge in [-0.15, -0.1) is 0 Å². The SMILES string of the molecule is COc1ccccc1CNS(=O)(=O)c1ccc(O[C@H](C)C(=O)N2CCOCC2)cc1. The molecule has 9 heteroatoms. The zero-order valence-electron chi connectivity index (χ0n) is 17.0. The van der Waals surface area contributed by atoms with Crippen LogP contribution in [0.5, 0.6) is 11.5 Å². The number of nitrogens with one attached hydrogen (secondary N) is 1. The molecule has 1 heterocycles. The maximum Gasteiger partial charge on any atom is 0.263 e. The third-order valence-corrected chi connectivity index (χ3v) is 6.18. The summed E-state index contributed by atoms with van der Waals surface area (Å²) in [6, 6.07) is 13.2. The average molecular weight is 435 g/mol. The largest absolute Gasteiger partial charge is 0.496 e. The van der Waals surface area contributed by atoms with E-state index in [4.69, 9.17) is 14.2 Å². The Morgan fingerprint density at radius 2 is 1.80 bits per heavy atom. The van der Waals surface area contributed by atoms with Gasteiger partial charge in [0.05, 0.1) is 25.2 Å². The smallest absolute Gasteiger partial charge is 0.263 e. The third kappa shape index (κ3) is 5.50. The van der Waals surface area contributed by atoms with Crippen LogP contribution >= 0.6 is 0 Å². The molecule has 30 heavy (non-hydrogen) atoms. The Morgan fingerprint density at radius 3 is 2.47 bits per heavy atom. The molecule has 1 atom stereocenters. The van der Waals surface area contributed by atoms with Crippen molar-refractivity contribution in [3.05, 3.63) is 54.1 Å². The van der Waals surface area contributed by atoms with Crippen LogP contribution in [0.4, 0.5) is 0 Å². The number of nitrogens with zero attached hydrogens (tertiary/aromatic N) is 1. The van der Waals surface area contributed by atoms with E-state index in [9.17, 15) is 13.2 Å². The summed E-state index contributed by atoms with van der Waals surface area (Å²) in [5.74, 6) is 0.920. The summed E-state index contributed by atoms with van der Waals surface area (Å²) in [7, 11) is -2.17. The summed E-state index contributed by atoms with van der Waals surface area (Å²) in [5, 5.41) is 0. The Morgan fingerprint density at radius 1 is 1.13 bits per heavy atom. The predicted molar refractivity (Wildman–Crippen MR) is 111 cm³/mol. The highest BCUT2D eigenvalue weighted by molar-refractivity contribution is 7.89. The molecule has 2 aromatic carbocycles. The Balaban J connectivity index is 1.60. The van der Waals surface area contributed by atoms with Crippen LogP contribution in [0.25, 0.3) is 0 Å². The molecule has 1 fully saturated rings.